The summed E-state index contributed by atoms with van der Waals surface area (Å²) in [6.45, 7) is 1.73. The first-order valence-corrected chi connectivity index (χ1v) is 6.64. The highest BCUT2D eigenvalue weighted by molar-refractivity contribution is 5.96. The number of hydrazine groups is 1. The molecule has 0 unspecified atom stereocenters. The van der Waals surface area contributed by atoms with Crippen LogP contribution < -0.4 is 10.9 Å². The molecule has 7 nitrogen and oxygen atoms in total. The van der Waals surface area contributed by atoms with Crippen LogP contribution in [-0.4, -0.2) is 22.0 Å². The van der Waals surface area contributed by atoms with Crippen molar-refractivity contribution in [2.24, 2.45) is 5.92 Å². The second-order valence-electron chi connectivity index (χ2n) is 4.94. The highest BCUT2D eigenvalue weighted by atomic mass is 16.5. The molecule has 1 fully saturated rings. The number of carbonyl (C=O) groups is 2. The normalized spacial score (nSPS) is 13.8. The Kier molecular flexibility index (Phi) is 3.39. The van der Waals surface area contributed by atoms with Gasteiger partial charge in [0.1, 0.15) is 0 Å². The van der Waals surface area contributed by atoms with Gasteiger partial charge in [-0.15, -0.1) is 0 Å². The van der Waals surface area contributed by atoms with Crippen LogP contribution in [0.4, 0.5) is 0 Å². The molecular weight excluding hydrogens is 272 g/mol. The highest BCUT2D eigenvalue weighted by Gasteiger charge is 2.29. The highest BCUT2D eigenvalue weighted by Crippen LogP contribution is 2.28. The van der Waals surface area contributed by atoms with Gasteiger partial charge in [-0.2, -0.15) is 4.98 Å². The number of hydrogen-bond donors (Lipinski definition) is 2. The number of amides is 2. The van der Waals surface area contributed by atoms with Crippen molar-refractivity contribution in [2.75, 3.05) is 0 Å². The van der Waals surface area contributed by atoms with Crippen LogP contribution in [0.25, 0.3) is 11.5 Å². The molecule has 2 aromatic rings. The van der Waals surface area contributed by atoms with Crippen molar-refractivity contribution >= 4 is 11.8 Å². The summed E-state index contributed by atoms with van der Waals surface area (Å²) in [5.74, 6) is 0.503. The summed E-state index contributed by atoms with van der Waals surface area (Å²) < 4.78 is 5.04. The standard InChI is InChI=1S/C14H14N4O3/c1-8-15-14(21-18-8)11-6-4-10(5-7-11)13(20)17-16-12(19)9-2-3-9/h4-7,9H,2-3H2,1H3,(H,16,19)(H,17,20). The molecular formula is C14H14N4O3. The summed E-state index contributed by atoms with van der Waals surface area (Å²) >= 11 is 0. The van der Waals surface area contributed by atoms with Crippen molar-refractivity contribution in [3.8, 4) is 11.5 Å². The lowest BCUT2D eigenvalue weighted by molar-refractivity contribution is -0.123. The van der Waals surface area contributed by atoms with Crippen LogP contribution in [0.2, 0.25) is 0 Å². The van der Waals surface area contributed by atoms with Gasteiger partial charge in [-0.1, -0.05) is 5.16 Å². The lowest BCUT2D eigenvalue weighted by Crippen LogP contribution is -2.42. The number of benzene rings is 1. The topological polar surface area (TPSA) is 97.1 Å². The molecule has 0 saturated heterocycles. The van der Waals surface area contributed by atoms with Crippen LogP contribution in [-0.2, 0) is 4.79 Å². The van der Waals surface area contributed by atoms with E-state index in [2.05, 4.69) is 21.0 Å². The fourth-order valence-corrected chi connectivity index (χ4v) is 1.82. The maximum absolute atomic E-state index is 11.9. The predicted molar refractivity (Wildman–Crippen MR) is 72.8 cm³/mol. The summed E-state index contributed by atoms with van der Waals surface area (Å²) in [5, 5.41) is 3.71. The van der Waals surface area contributed by atoms with Gasteiger partial charge in [0.05, 0.1) is 0 Å². The molecule has 1 aromatic carbocycles. The zero-order chi connectivity index (χ0) is 14.8. The first-order chi connectivity index (χ1) is 10.1. The van der Waals surface area contributed by atoms with Gasteiger partial charge < -0.3 is 4.52 Å². The molecule has 2 amide bonds. The Hall–Kier alpha value is -2.70. The van der Waals surface area contributed by atoms with E-state index in [1.165, 1.54) is 0 Å². The van der Waals surface area contributed by atoms with Crippen LogP contribution in [0.5, 0.6) is 0 Å². The minimum absolute atomic E-state index is 0.0495. The number of aryl methyl sites for hydroxylation is 1. The number of carbonyl (C=O) groups excluding carboxylic acids is 2. The first kappa shape index (κ1) is 13.3. The Morgan fingerprint density at radius 1 is 1.19 bits per heavy atom. The van der Waals surface area contributed by atoms with Crippen molar-refractivity contribution in [1.82, 2.24) is 21.0 Å². The van der Waals surface area contributed by atoms with Gasteiger partial charge in [0.15, 0.2) is 5.82 Å². The summed E-state index contributed by atoms with van der Waals surface area (Å²) in [5.41, 5.74) is 5.97. The largest absolute Gasteiger partial charge is 0.334 e. The third-order valence-corrected chi connectivity index (χ3v) is 3.17. The van der Waals surface area contributed by atoms with E-state index in [0.717, 1.165) is 18.4 Å². The van der Waals surface area contributed by atoms with Gasteiger partial charge in [-0.25, -0.2) is 0 Å². The number of nitrogens with zero attached hydrogens (tertiary/aromatic N) is 2. The molecule has 21 heavy (non-hydrogen) atoms. The average Bonchev–Trinajstić information content (AvgIpc) is 3.26. The molecule has 3 rings (SSSR count). The Labute approximate surface area is 120 Å². The van der Waals surface area contributed by atoms with E-state index >= 15 is 0 Å². The van der Waals surface area contributed by atoms with Crippen molar-refractivity contribution < 1.29 is 14.1 Å². The van der Waals surface area contributed by atoms with Gasteiger partial charge in [0.2, 0.25) is 5.91 Å². The third-order valence-electron chi connectivity index (χ3n) is 3.17. The number of rotatable bonds is 3. The molecule has 0 aliphatic heterocycles. The molecule has 1 aromatic heterocycles. The zero-order valence-electron chi connectivity index (χ0n) is 11.4. The second-order valence-corrected chi connectivity index (χ2v) is 4.94. The lowest BCUT2D eigenvalue weighted by Gasteiger charge is -2.06. The second kappa shape index (κ2) is 5.35. The quantitative estimate of drug-likeness (QED) is 0.827. The average molecular weight is 286 g/mol. The molecule has 0 bridgehead atoms. The van der Waals surface area contributed by atoms with Crippen LogP contribution >= 0.6 is 0 Å². The molecule has 2 N–H and O–H groups in total. The lowest BCUT2D eigenvalue weighted by atomic mass is 10.1. The molecule has 1 heterocycles. The third kappa shape index (κ3) is 3.07. The van der Waals surface area contributed by atoms with Gasteiger partial charge in [0, 0.05) is 17.0 Å². The van der Waals surface area contributed by atoms with Gasteiger partial charge >= 0.3 is 0 Å². The van der Waals surface area contributed by atoms with E-state index in [-0.39, 0.29) is 17.7 Å². The van der Waals surface area contributed by atoms with Crippen LogP contribution in [0.15, 0.2) is 28.8 Å². The monoisotopic (exact) mass is 286 g/mol. The van der Waals surface area contributed by atoms with Gasteiger partial charge in [-0.3, -0.25) is 20.4 Å². The van der Waals surface area contributed by atoms with E-state index < -0.39 is 0 Å². The zero-order valence-corrected chi connectivity index (χ0v) is 11.4. The Morgan fingerprint density at radius 2 is 1.90 bits per heavy atom. The van der Waals surface area contributed by atoms with E-state index in [0.29, 0.717) is 17.3 Å². The fraction of sp³-hybridized carbons (Fsp3) is 0.286. The summed E-state index contributed by atoms with van der Waals surface area (Å²) in [7, 11) is 0. The van der Waals surface area contributed by atoms with E-state index in [4.69, 9.17) is 4.52 Å². The smallest absolute Gasteiger partial charge is 0.269 e. The van der Waals surface area contributed by atoms with Gasteiger partial charge in [0.25, 0.3) is 11.8 Å². The maximum atomic E-state index is 11.9. The van der Waals surface area contributed by atoms with E-state index in [9.17, 15) is 9.59 Å². The fourth-order valence-electron chi connectivity index (χ4n) is 1.82. The number of nitrogens with one attached hydrogen (secondary N) is 2. The Bertz CT molecular complexity index is 674. The van der Waals surface area contributed by atoms with E-state index in [1.807, 2.05) is 0 Å². The SMILES string of the molecule is Cc1noc(-c2ccc(C(=O)NNC(=O)C3CC3)cc2)n1. The van der Waals surface area contributed by atoms with Crippen LogP contribution in [0.1, 0.15) is 29.0 Å². The van der Waals surface area contributed by atoms with Crippen LogP contribution in [0, 0.1) is 12.8 Å². The van der Waals surface area contributed by atoms with Crippen molar-refractivity contribution in [3.05, 3.63) is 35.7 Å². The van der Waals surface area contributed by atoms with Crippen molar-refractivity contribution in [2.45, 2.75) is 19.8 Å². The summed E-state index contributed by atoms with van der Waals surface area (Å²) in [6.07, 6.45) is 1.78. The minimum Gasteiger partial charge on any atom is -0.334 e. The Balaban J connectivity index is 1.63. The van der Waals surface area contributed by atoms with E-state index in [1.54, 1.807) is 31.2 Å². The molecule has 7 heteroatoms. The molecule has 0 atom stereocenters. The molecule has 0 radical (unpaired) electrons. The first-order valence-electron chi connectivity index (χ1n) is 6.64. The number of hydrogen-bond acceptors (Lipinski definition) is 5. The molecule has 1 aliphatic carbocycles. The van der Waals surface area contributed by atoms with Crippen LogP contribution in [0.3, 0.4) is 0 Å². The molecule has 1 saturated carbocycles. The molecule has 1 aliphatic rings. The minimum atomic E-state index is -0.364. The van der Waals surface area contributed by atoms with Gasteiger partial charge in [-0.05, 0) is 44.0 Å². The summed E-state index contributed by atoms with van der Waals surface area (Å²) in [4.78, 5) is 27.4. The summed E-state index contributed by atoms with van der Waals surface area (Å²) in [6, 6.07) is 6.69. The van der Waals surface area contributed by atoms with Crippen molar-refractivity contribution in [3.63, 3.8) is 0 Å². The van der Waals surface area contributed by atoms with Crippen molar-refractivity contribution in [1.29, 1.82) is 0 Å². The molecule has 0 spiro atoms. The predicted octanol–water partition coefficient (Wildman–Crippen LogP) is 1.22. The maximum Gasteiger partial charge on any atom is 0.269 e. The Morgan fingerprint density at radius 3 is 2.48 bits per heavy atom. The number of aromatic nitrogens is 2. The molecule has 108 valence electrons.